The molecule has 84 valence electrons. The maximum Gasteiger partial charge on any atom is 0.228 e. The van der Waals surface area contributed by atoms with Crippen molar-refractivity contribution in [2.24, 2.45) is 5.92 Å². The minimum Gasteiger partial charge on any atom is -0.326 e. The molecule has 3 nitrogen and oxygen atoms in total. The van der Waals surface area contributed by atoms with Crippen LogP contribution in [0.5, 0.6) is 0 Å². The van der Waals surface area contributed by atoms with Crippen molar-refractivity contribution in [2.75, 3.05) is 12.4 Å². The van der Waals surface area contributed by atoms with E-state index in [9.17, 15) is 4.79 Å². The summed E-state index contributed by atoms with van der Waals surface area (Å²) in [5.41, 5.74) is 3.45. The molecule has 0 spiro atoms. The Labute approximate surface area is 95.2 Å². The molecule has 1 heterocycles. The van der Waals surface area contributed by atoms with Crippen LogP contribution < -0.4 is 10.6 Å². The molecular weight excluding hydrogens is 200 g/mol. The van der Waals surface area contributed by atoms with Gasteiger partial charge in [-0.3, -0.25) is 4.79 Å². The topological polar surface area (TPSA) is 41.1 Å². The number of nitrogens with one attached hydrogen (secondary N) is 2. The van der Waals surface area contributed by atoms with Crippen molar-refractivity contribution in [3.63, 3.8) is 0 Å². The van der Waals surface area contributed by atoms with Gasteiger partial charge in [0.1, 0.15) is 0 Å². The number of amides is 1. The van der Waals surface area contributed by atoms with E-state index in [1.165, 1.54) is 18.4 Å². The molecule has 1 aliphatic carbocycles. The summed E-state index contributed by atoms with van der Waals surface area (Å²) in [6.07, 6.45) is 3.17. The van der Waals surface area contributed by atoms with Gasteiger partial charge in [0.2, 0.25) is 5.91 Å². The number of carbonyl (C=O) groups is 1. The van der Waals surface area contributed by atoms with Crippen LogP contribution in [0.2, 0.25) is 0 Å². The Morgan fingerprint density at radius 3 is 2.94 bits per heavy atom. The first kappa shape index (κ1) is 9.85. The summed E-state index contributed by atoms with van der Waals surface area (Å²) >= 11 is 0. The summed E-state index contributed by atoms with van der Waals surface area (Å²) < 4.78 is 0. The number of hydrogen-bond donors (Lipinski definition) is 2. The molecule has 2 N–H and O–H groups in total. The third-order valence-electron chi connectivity index (χ3n) is 3.52. The molecule has 1 amide bonds. The van der Waals surface area contributed by atoms with Gasteiger partial charge in [0.05, 0.1) is 6.42 Å². The fraction of sp³-hybridized carbons (Fsp3) is 0.462. The number of fused-ring (bicyclic) bond motifs is 1. The molecule has 1 fully saturated rings. The molecule has 0 radical (unpaired) electrons. The molecule has 0 saturated heterocycles. The van der Waals surface area contributed by atoms with Gasteiger partial charge in [0, 0.05) is 11.7 Å². The van der Waals surface area contributed by atoms with Crippen LogP contribution in [0.3, 0.4) is 0 Å². The Balaban J connectivity index is 1.91. The van der Waals surface area contributed by atoms with Crippen molar-refractivity contribution in [2.45, 2.75) is 25.3 Å². The van der Waals surface area contributed by atoms with Crippen LogP contribution in [0.1, 0.15) is 30.0 Å². The van der Waals surface area contributed by atoms with Crippen LogP contribution >= 0.6 is 0 Å². The van der Waals surface area contributed by atoms with Crippen molar-refractivity contribution in [1.29, 1.82) is 0 Å². The highest BCUT2D eigenvalue weighted by molar-refractivity contribution is 5.99. The average Bonchev–Trinajstić information content (AvgIpc) is 3.01. The third-order valence-corrected chi connectivity index (χ3v) is 3.52. The molecule has 1 aliphatic heterocycles. The first-order valence-corrected chi connectivity index (χ1v) is 5.88. The summed E-state index contributed by atoms with van der Waals surface area (Å²) in [5.74, 6) is 0.896. The standard InChI is InChI=1S/C13H16N2O/c1-14-13(8-2-3-8)9-4-5-11-10(6-9)7-12(16)15-11/h4-6,8,13-14H,2-3,7H2,1H3,(H,15,16). The van der Waals surface area contributed by atoms with Crippen molar-refractivity contribution >= 4 is 11.6 Å². The van der Waals surface area contributed by atoms with E-state index in [-0.39, 0.29) is 5.91 Å². The Bertz CT molecular complexity index is 438. The van der Waals surface area contributed by atoms with Crippen LogP contribution in [0.15, 0.2) is 18.2 Å². The van der Waals surface area contributed by atoms with Crippen LogP contribution in [0, 0.1) is 5.92 Å². The molecule has 1 aromatic rings. The second-order valence-electron chi connectivity index (χ2n) is 4.75. The Morgan fingerprint density at radius 1 is 1.44 bits per heavy atom. The van der Waals surface area contributed by atoms with Gasteiger partial charge >= 0.3 is 0 Å². The van der Waals surface area contributed by atoms with Crippen molar-refractivity contribution < 1.29 is 4.79 Å². The van der Waals surface area contributed by atoms with E-state index in [1.807, 2.05) is 13.1 Å². The fourth-order valence-electron chi connectivity index (χ4n) is 2.55. The summed E-state index contributed by atoms with van der Waals surface area (Å²) in [4.78, 5) is 11.3. The van der Waals surface area contributed by atoms with E-state index in [2.05, 4.69) is 22.8 Å². The highest BCUT2D eigenvalue weighted by Gasteiger charge is 2.31. The molecule has 1 unspecified atom stereocenters. The summed E-state index contributed by atoms with van der Waals surface area (Å²) in [7, 11) is 2.01. The minimum absolute atomic E-state index is 0.111. The highest BCUT2D eigenvalue weighted by Crippen LogP contribution is 2.41. The molecule has 1 aromatic carbocycles. The van der Waals surface area contributed by atoms with Gasteiger partial charge in [-0.25, -0.2) is 0 Å². The van der Waals surface area contributed by atoms with Gasteiger partial charge in [-0.05, 0) is 43.0 Å². The molecule has 0 bridgehead atoms. The monoisotopic (exact) mass is 216 g/mol. The van der Waals surface area contributed by atoms with Crippen LogP contribution in [0.25, 0.3) is 0 Å². The lowest BCUT2D eigenvalue weighted by atomic mass is 9.99. The lowest BCUT2D eigenvalue weighted by molar-refractivity contribution is -0.115. The summed E-state index contributed by atoms with van der Waals surface area (Å²) in [6, 6.07) is 6.79. The molecule has 1 atom stereocenters. The van der Waals surface area contributed by atoms with E-state index < -0.39 is 0 Å². The van der Waals surface area contributed by atoms with Gasteiger partial charge in [0.25, 0.3) is 0 Å². The lowest BCUT2D eigenvalue weighted by Crippen LogP contribution is -2.18. The molecule has 1 saturated carbocycles. The number of anilines is 1. The summed E-state index contributed by atoms with van der Waals surface area (Å²) in [6.45, 7) is 0. The van der Waals surface area contributed by atoms with Gasteiger partial charge in [-0.15, -0.1) is 0 Å². The fourth-order valence-corrected chi connectivity index (χ4v) is 2.55. The zero-order chi connectivity index (χ0) is 11.1. The van der Waals surface area contributed by atoms with Gasteiger partial charge < -0.3 is 10.6 Å². The van der Waals surface area contributed by atoms with Crippen molar-refractivity contribution in [1.82, 2.24) is 5.32 Å². The first-order chi connectivity index (χ1) is 7.78. The second kappa shape index (κ2) is 3.59. The SMILES string of the molecule is CNC(c1ccc2c(c1)CC(=O)N2)C1CC1. The molecule has 3 rings (SSSR count). The van der Waals surface area contributed by atoms with E-state index in [0.717, 1.165) is 17.2 Å². The summed E-state index contributed by atoms with van der Waals surface area (Å²) in [5, 5.41) is 6.24. The van der Waals surface area contributed by atoms with Crippen LogP contribution in [0.4, 0.5) is 5.69 Å². The third kappa shape index (κ3) is 1.61. The molecule has 0 aromatic heterocycles. The zero-order valence-electron chi connectivity index (χ0n) is 9.42. The number of benzene rings is 1. The first-order valence-electron chi connectivity index (χ1n) is 5.88. The molecular formula is C13H16N2O. The highest BCUT2D eigenvalue weighted by atomic mass is 16.1. The predicted molar refractivity (Wildman–Crippen MR) is 63.3 cm³/mol. The maximum absolute atomic E-state index is 11.3. The largest absolute Gasteiger partial charge is 0.326 e. The van der Waals surface area contributed by atoms with E-state index in [1.54, 1.807) is 0 Å². The van der Waals surface area contributed by atoms with Crippen molar-refractivity contribution in [3.05, 3.63) is 29.3 Å². The number of hydrogen-bond acceptors (Lipinski definition) is 2. The number of rotatable bonds is 3. The normalized spacial score (nSPS) is 20.4. The van der Waals surface area contributed by atoms with Crippen LogP contribution in [-0.4, -0.2) is 13.0 Å². The molecule has 3 heteroatoms. The minimum atomic E-state index is 0.111. The lowest BCUT2D eigenvalue weighted by Gasteiger charge is -2.16. The van der Waals surface area contributed by atoms with Crippen molar-refractivity contribution in [3.8, 4) is 0 Å². The van der Waals surface area contributed by atoms with Crippen LogP contribution in [-0.2, 0) is 11.2 Å². The zero-order valence-corrected chi connectivity index (χ0v) is 9.42. The predicted octanol–water partition coefficient (Wildman–Crippen LogP) is 1.85. The molecule has 16 heavy (non-hydrogen) atoms. The molecule has 2 aliphatic rings. The van der Waals surface area contributed by atoms with Gasteiger partial charge in [0.15, 0.2) is 0 Å². The average molecular weight is 216 g/mol. The number of carbonyl (C=O) groups excluding carboxylic acids is 1. The van der Waals surface area contributed by atoms with E-state index in [0.29, 0.717) is 12.5 Å². The quantitative estimate of drug-likeness (QED) is 0.809. The Hall–Kier alpha value is -1.35. The van der Waals surface area contributed by atoms with Gasteiger partial charge in [-0.1, -0.05) is 12.1 Å². The Morgan fingerprint density at radius 2 is 2.25 bits per heavy atom. The maximum atomic E-state index is 11.3. The van der Waals surface area contributed by atoms with E-state index in [4.69, 9.17) is 0 Å². The Kier molecular flexibility index (Phi) is 2.21. The van der Waals surface area contributed by atoms with Gasteiger partial charge in [-0.2, -0.15) is 0 Å². The second-order valence-corrected chi connectivity index (χ2v) is 4.75. The smallest absolute Gasteiger partial charge is 0.228 e. The van der Waals surface area contributed by atoms with E-state index >= 15 is 0 Å².